The second-order valence-electron chi connectivity index (χ2n) is 5.56. The van der Waals surface area contributed by atoms with Gasteiger partial charge in [0.25, 0.3) is 0 Å². The number of aryl methyl sites for hydroxylation is 1. The zero-order valence-electron chi connectivity index (χ0n) is 13.5. The fourth-order valence-corrected chi connectivity index (χ4v) is 2.60. The average molecular weight is 299 g/mol. The molecule has 3 nitrogen and oxygen atoms in total. The van der Waals surface area contributed by atoms with Crippen LogP contribution in [0.5, 0.6) is 5.75 Å². The smallest absolute Gasteiger partial charge is 0.220 e. The Balaban J connectivity index is 1.97. The van der Waals surface area contributed by atoms with Crippen LogP contribution in [0.3, 0.4) is 0 Å². The first kappa shape index (κ1) is 16.3. The number of unbranched alkanes of at least 4 members (excludes halogenated alkanes) is 2. The summed E-state index contributed by atoms with van der Waals surface area (Å²) < 4.78 is 5.30. The lowest BCUT2D eigenvalue weighted by Crippen LogP contribution is -2.24. The van der Waals surface area contributed by atoms with E-state index in [0.717, 1.165) is 25.1 Å². The van der Waals surface area contributed by atoms with Crippen molar-refractivity contribution in [2.75, 3.05) is 13.7 Å². The topological polar surface area (TPSA) is 38.3 Å². The molecule has 0 aliphatic carbocycles. The Morgan fingerprint density at radius 3 is 2.82 bits per heavy atom. The van der Waals surface area contributed by atoms with E-state index in [-0.39, 0.29) is 5.91 Å². The van der Waals surface area contributed by atoms with E-state index in [1.807, 2.05) is 18.2 Å². The number of carbonyl (C=O) groups is 1. The van der Waals surface area contributed by atoms with Crippen LogP contribution in [0.25, 0.3) is 10.8 Å². The van der Waals surface area contributed by atoms with E-state index in [1.54, 1.807) is 7.11 Å². The molecule has 0 fully saturated rings. The summed E-state index contributed by atoms with van der Waals surface area (Å²) in [5, 5.41) is 5.34. The average Bonchev–Trinajstić information content (AvgIpc) is 2.56. The Morgan fingerprint density at radius 1 is 1.18 bits per heavy atom. The van der Waals surface area contributed by atoms with Crippen LogP contribution in [0.1, 0.15) is 38.2 Å². The molecule has 0 atom stereocenters. The molecule has 0 spiro atoms. The highest BCUT2D eigenvalue weighted by Crippen LogP contribution is 2.24. The quantitative estimate of drug-likeness (QED) is 0.746. The number of hydrogen-bond acceptors (Lipinski definition) is 2. The molecule has 0 aliphatic rings. The Labute approximate surface area is 132 Å². The highest BCUT2D eigenvalue weighted by atomic mass is 16.5. The van der Waals surface area contributed by atoms with Crippen molar-refractivity contribution in [1.29, 1.82) is 0 Å². The SMILES string of the molecule is CCCCCNC(=O)CCc1cccc2ccc(OC)cc12. The van der Waals surface area contributed by atoms with E-state index < -0.39 is 0 Å². The molecule has 0 aromatic heterocycles. The number of fused-ring (bicyclic) bond motifs is 1. The Hall–Kier alpha value is -2.03. The number of ether oxygens (including phenoxy) is 1. The number of hydrogen-bond donors (Lipinski definition) is 1. The van der Waals surface area contributed by atoms with E-state index >= 15 is 0 Å². The fourth-order valence-electron chi connectivity index (χ4n) is 2.60. The van der Waals surface area contributed by atoms with Gasteiger partial charge in [0.05, 0.1) is 7.11 Å². The summed E-state index contributed by atoms with van der Waals surface area (Å²) in [4.78, 5) is 11.9. The van der Waals surface area contributed by atoms with Gasteiger partial charge in [-0.1, -0.05) is 44.0 Å². The van der Waals surface area contributed by atoms with Crippen molar-refractivity contribution in [2.45, 2.75) is 39.0 Å². The third-order valence-electron chi connectivity index (χ3n) is 3.90. The van der Waals surface area contributed by atoms with E-state index in [1.165, 1.54) is 29.2 Å². The Bertz CT molecular complexity index is 622. The second-order valence-corrected chi connectivity index (χ2v) is 5.56. The first-order valence-corrected chi connectivity index (χ1v) is 8.07. The van der Waals surface area contributed by atoms with Gasteiger partial charge in [-0.15, -0.1) is 0 Å². The van der Waals surface area contributed by atoms with Gasteiger partial charge in [-0.25, -0.2) is 0 Å². The van der Waals surface area contributed by atoms with Crippen molar-refractivity contribution in [2.24, 2.45) is 0 Å². The molecule has 0 radical (unpaired) electrons. The summed E-state index contributed by atoms with van der Waals surface area (Å²) in [6.07, 6.45) is 4.69. The summed E-state index contributed by atoms with van der Waals surface area (Å²) in [6, 6.07) is 12.3. The van der Waals surface area contributed by atoms with Crippen molar-refractivity contribution in [3.05, 3.63) is 42.0 Å². The Morgan fingerprint density at radius 2 is 2.05 bits per heavy atom. The highest BCUT2D eigenvalue weighted by Gasteiger charge is 2.06. The Kier molecular flexibility index (Phi) is 6.26. The molecule has 0 aliphatic heterocycles. The van der Waals surface area contributed by atoms with E-state index in [0.29, 0.717) is 6.42 Å². The summed E-state index contributed by atoms with van der Waals surface area (Å²) in [7, 11) is 1.67. The molecule has 1 amide bonds. The van der Waals surface area contributed by atoms with Gasteiger partial charge >= 0.3 is 0 Å². The van der Waals surface area contributed by atoms with E-state index in [9.17, 15) is 4.79 Å². The molecule has 0 bridgehead atoms. The highest BCUT2D eigenvalue weighted by molar-refractivity contribution is 5.87. The number of carbonyl (C=O) groups excluding carboxylic acids is 1. The monoisotopic (exact) mass is 299 g/mol. The maximum Gasteiger partial charge on any atom is 0.220 e. The largest absolute Gasteiger partial charge is 0.497 e. The van der Waals surface area contributed by atoms with Crippen LogP contribution < -0.4 is 10.1 Å². The van der Waals surface area contributed by atoms with Crippen molar-refractivity contribution in [3.63, 3.8) is 0 Å². The first-order valence-electron chi connectivity index (χ1n) is 8.07. The molecule has 2 aromatic carbocycles. The van der Waals surface area contributed by atoms with Gasteiger partial charge < -0.3 is 10.1 Å². The zero-order valence-corrected chi connectivity index (χ0v) is 13.5. The van der Waals surface area contributed by atoms with Gasteiger partial charge in [0.2, 0.25) is 5.91 Å². The summed E-state index contributed by atoms with van der Waals surface area (Å²) in [6.45, 7) is 2.95. The predicted octanol–water partition coefficient (Wildman–Crippen LogP) is 4.09. The maximum absolute atomic E-state index is 11.9. The lowest BCUT2D eigenvalue weighted by molar-refractivity contribution is -0.121. The molecular weight excluding hydrogens is 274 g/mol. The van der Waals surface area contributed by atoms with Crippen LogP contribution in [0.2, 0.25) is 0 Å². The summed E-state index contributed by atoms with van der Waals surface area (Å²) >= 11 is 0. The van der Waals surface area contributed by atoms with Gasteiger partial charge in [0.15, 0.2) is 0 Å². The molecule has 0 unspecified atom stereocenters. The van der Waals surface area contributed by atoms with Crippen molar-refractivity contribution in [3.8, 4) is 5.75 Å². The molecule has 2 rings (SSSR count). The first-order chi connectivity index (χ1) is 10.7. The molecule has 2 aromatic rings. The van der Waals surface area contributed by atoms with Gasteiger partial charge in [-0.05, 0) is 41.3 Å². The van der Waals surface area contributed by atoms with Gasteiger partial charge in [-0.3, -0.25) is 4.79 Å². The van der Waals surface area contributed by atoms with Gasteiger partial charge in [-0.2, -0.15) is 0 Å². The van der Waals surface area contributed by atoms with Crippen molar-refractivity contribution < 1.29 is 9.53 Å². The fraction of sp³-hybridized carbons (Fsp3) is 0.421. The molecule has 1 N–H and O–H groups in total. The molecule has 22 heavy (non-hydrogen) atoms. The minimum absolute atomic E-state index is 0.135. The number of benzene rings is 2. The van der Waals surface area contributed by atoms with Gasteiger partial charge in [0, 0.05) is 13.0 Å². The van der Waals surface area contributed by atoms with E-state index in [2.05, 4.69) is 30.4 Å². The van der Waals surface area contributed by atoms with Crippen LogP contribution >= 0.6 is 0 Å². The lowest BCUT2D eigenvalue weighted by atomic mass is 10.0. The van der Waals surface area contributed by atoms with Crippen molar-refractivity contribution in [1.82, 2.24) is 5.32 Å². The number of methoxy groups -OCH3 is 1. The van der Waals surface area contributed by atoms with Crippen LogP contribution in [0, 0.1) is 0 Å². The standard InChI is InChI=1S/C19H25NO2/c1-3-4-5-13-20-19(21)12-10-16-8-6-7-15-9-11-17(22-2)14-18(15)16/h6-9,11,14H,3-5,10,12-13H2,1-2H3,(H,20,21). The number of rotatable bonds is 8. The normalized spacial score (nSPS) is 10.6. The third-order valence-corrected chi connectivity index (χ3v) is 3.90. The summed E-state index contributed by atoms with van der Waals surface area (Å²) in [5.41, 5.74) is 1.19. The maximum atomic E-state index is 11.9. The third kappa shape index (κ3) is 4.48. The minimum atomic E-state index is 0.135. The molecule has 118 valence electrons. The second kappa shape index (κ2) is 8.42. The zero-order chi connectivity index (χ0) is 15.8. The molecule has 0 saturated carbocycles. The predicted molar refractivity (Wildman–Crippen MR) is 91.4 cm³/mol. The number of nitrogens with one attached hydrogen (secondary N) is 1. The van der Waals surface area contributed by atoms with Crippen LogP contribution in [-0.2, 0) is 11.2 Å². The summed E-state index contributed by atoms with van der Waals surface area (Å²) in [5.74, 6) is 0.986. The van der Waals surface area contributed by atoms with Crippen LogP contribution in [0.15, 0.2) is 36.4 Å². The lowest BCUT2D eigenvalue weighted by Gasteiger charge is -2.09. The minimum Gasteiger partial charge on any atom is -0.497 e. The molecule has 3 heteroatoms. The van der Waals surface area contributed by atoms with Crippen molar-refractivity contribution >= 4 is 16.7 Å². The van der Waals surface area contributed by atoms with Gasteiger partial charge in [0.1, 0.15) is 5.75 Å². The van der Waals surface area contributed by atoms with E-state index in [4.69, 9.17) is 4.74 Å². The molecular formula is C19H25NO2. The van der Waals surface area contributed by atoms with Crippen LogP contribution in [-0.4, -0.2) is 19.6 Å². The number of amides is 1. The molecule has 0 saturated heterocycles. The van der Waals surface area contributed by atoms with Crippen LogP contribution in [0.4, 0.5) is 0 Å². The molecule has 0 heterocycles.